The van der Waals surface area contributed by atoms with Crippen molar-refractivity contribution in [1.82, 2.24) is 15.1 Å². The summed E-state index contributed by atoms with van der Waals surface area (Å²) >= 11 is 0. The van der Waals surface area contributed by atoms with E-state index >= 15 is 0 Å². The zero-order valence-electron chi connectivity index (χ0n) is 16.4. The van der Waals surface area contributed by atoms with Crippen molar-refractivity contribution in [2.45, 2.75) is 19.1 Å². The molecule has 28 heavy (non-hydrogen) atoms. The molecular weight excluding hydrogens is 373 g/mol. The summed E-state index contributed by atoms with van der Waals surface area (Å²) in [5.41, 5.74) is -0.250. The van der Waals surface area contributed by atoms with Gasteiger partial charge in [-0.3, -0.25) is 4.79 Å². The predicted octanol–water partition coefficient (Wildman–Crippen LogP) is 2.21. The second-order valence-corrected chi connectivity index (χ2v) is 7.09. The lowest BCUT2D eigenvalue weighted by atomic mass is 10.1. The number of alkyl halides is 3. The molecule has 1 N–H and O–H groups in total. The molecular formula is C19H27F3N4O2. The molecule has 156 valence electrons. The fraction of sp³-hybridized carbons (Fsp3) is 0.579. The monoisotopic (exact) mass is 400 g/mol. The lowest BCUT2D eigenvalue weighted by Gasteiger charge is -2.25. The van der Waals surface area contributed by atoms with Crippen molar-refractivity contribution in [3.8, 4) is 0 Å². The number of guanidine groups is 1. The van der Waals surface area contributed by atoms with Gasteiger partial charge in [0.25, 0.3) is 0 Å². The summed E-state index contributed by atoms with van der Waals surface area (Å²) in [6.07, 6.45) is -3.44. The molecule has 1 aromatic rings. The summed E-state index contributed by atoms with van der Waals surface area (Å²) in [5.74, 6) is 0.707. The molecule has 1 saturated heterocycles. The first-order valence-electron chi connectivity index (χ1n) is 9.10. The van der Waals surface area contributed by atoms with E-state index in [2.05, 4.69) is 10.3 Å². The van der Waals surface area contributed by atoms with Crippen LogP contribution in [0, 0.1) is 5.92 Å². The van der Waals surface area contributed by atoms with Crippen LogP contribution in [0.25, 0.3) is 0 Å². The third kappa shape index (κ3) is 6.70. The van der Waals surface area contributed by atoms with Gasteiger partial charge >= 0.3 is 6.18 Å². The van der Waals surface area contributed by atoms with Gasteiger partial charge in [-0.25, -0.2) is 4.99 Å². The number of hydrogen-bond acceptors (Lipinski definition) is 3. The van der Waals surface area contributed by atoms with Crippen LogP contribution in [-0.4, -0.2) is 69.1 Å². The summed E-state index contributed by atoms with van der Waals surface area (Å²) in [5, 5.41) is 3.01. The van der Waals surface area contributed by atoms with Crippen LogP contribution in [-0.2, 0) is 22.3 Å². The molecule has 9 heteroatoms. The molecule has 1 fully saturated rings. The Balaban J connectivity index is 2.11. The van der Waals surface area contributed by atoms with E-state index in [9.17, 15) is 18.0 Å². The largest absolute Gasteiger partial charge is 0.416 e. The molecule has 1 aliphatic rings. The van der Waals surface area contributed by atoms with Gasteiger partial charge in [0.15, 0.2) is 5.96 Å². The third-order valence-electron chi connectivity index (χ3n) is 4.48. The van der Waals surface area contributed by atoms with Crippen LogP contribution in [0.5, 0.6) is 0 Å². The Morgan fingerprint density at radius 2 is 2.07 bits per heavy atom. The highest BCUT2D eigenvalue weighted by atomic mass is 19.4. The number of aliphatic imine (C=N–C) groups is 1. The Morgan fingerprint density at radius 3 is 2.68 bits per heavy atom. The van der Waals surface area contributed by atoms with E-state index in [1.54, 1.807) is 20.2 Å². The molecule has 2 rings (SSSR count). The highest BCUT2D eigenvalue weighted by Crippen LogP contribution is 2.29. The SMILES string of the molecule is CN(C)C(=O)CNC(=NCc1cccc(C(F)(F)F)c1)N(C)CC1CCOC1. The van der Waals surface area contributed by atoms with E-state index in [0.717, 1.165) is 25.2 Å². The standard InChI is InChI=1S/C19H27F3N4O2/c1-25(2)17(27)11-24-18(26(3)12-15-7-8-28-13-15)23-10-14-5-4-6-16(9-14)19(20,21)22/h4-6,9,15H,7-8,10-13H2,1-3H3,(H,23,24). The molecule has 1 aromatic carbocycles. The van der Waals surface area contributed by atoms with Crippen molar-refractivity contribution in [3.63, 3.8) is 0 Å². The quantitative estimate of drug-likeness (QED) is 0.588. The summed E-state index contributed by atoms with van der Waals surface area (Å²) in [4.78, 5) is 19.7. The van der Waals surface area contributed by atoms with Gasteiger partial charge in [-0.1, -0.05) is 12.1 Å². The molecule has 0 radical (unpaired) electrons. The smallest absolute Gasteiger partial charge is 0.381 e. The van der Waals surface area contributed by atoms with Crippen molar-refractivity contribution < 1.29 is 22.7 Å². The van der Waals surface area contributed by atoms with E-state index in [4.69, 9.17) is 4.74 Å². The van der Waals surface area contributed by atoms with Gasteiger partial charge in [-0.15, -0.1) is 0 Å². The molecule has 1 unspecified atom stereocenters. The topological polar surface area (TPSA) is 57.2 Å². The van der Waals surface area contributed by atoms with Crippen LogP contribution in [0.15, 0.2) is 29.3 Å². The lowest BCUT2D eigenvalue weighted by molar-refractivity contribution is -0.137. The van der Waals surface area contributed by atoms with E-state index < -0.39 is 11.7 Å². The number of halogens is 3. The molecule has 0 bridgehead atoms. The summed E-state index contributed by atoms with van der Waals surface area (Å²) in [6, 6.07) is 5.10. The molecule has 0 spiro atoms. The van der Waals surface area contributed by atoms with Gasteiger partial charge in [0, 0.05) is 40.2 Å². The van der Waals surface area contributed by atoms with Crippen LogP contribution < -0.4 is 5.32 Å². The molecule has 1 aliphatic heterocycles. The number of rotatable bonds is 6. The maximum atomic E-state index is 12.9. The van der Waals surface area contributed by atoms with Crippen LogP contribution in [0.3, 0.4) is 0 Å². The molecule has 1 atom stereocenters. The average Bonchev–Trinajstić information content (AvgIpc) is 3.13. The minimum absolute atomic E-state index is 0.0555. The van der Waals surface area contributed by atoms with E-state index in [0.29, 0.717) is 30.6 Å². The fourth-order valence-electron chi connectivity index (χ4n) is 2.84. The number of amides is 1. The van der Waals surface area contributed by atoms with Crippen molar-refractivity contribution >= 4 is 11.9 Å². The van der Waals surface area contributed by atoms with Crippen molar-refractivity contribution in [2.75, 3.05) is 47.4 Å². The number of benzene rings is 1. The number of hydrogen-bond donors (Lipinski definition) is 1. The molecule has 1 heterocycles. The molecule has 0 aliphatic carbocycles. The van der Waals surface area contributed by atoms with Gasteiger partial charge in [-0.2, -0.15) is 13.2 Å². The fourth-order valence-corrected chi connectivity index (χ4v) is 2.84. The minimum Gasteiger partial charge on any atom is -0.381 e. The van der Waals surface area contributed by atoms with E-state index in [-0.39, 0.29) is 19.0 Å². The second kappa shape index (κ2) is 9.77. The van der Waals surface area contributed by atoms with Crippen LogP contribution in [0.4, 0.5) is 13.2 Å². The van der Waals surface area contributed by atoms with Gasteiger partial charge in [-0.05, 0) is 24.1 Å². The van der Waals surface area contributed by atoms with Crippen LogP contribution >= 0.6 is 0 Å². The Hall–Kier alpha value is -2.29. The van der Waals surface area contributed by atoms with E-state index in [1.165, 1.54) is 11.0 Å². The Morgan fingerprint density at radius 1 is 1.32 bits per heavy atom. The third-order valence-corrected chi connectivity index (χ3v) is 4.48. The summed E-state index contributed by atoms with van der Waals surface area (Å²) in [7, 11) is 5.16. The van der Waals surface area contributed by atoms with E-state index in [1.807, 2.05) is 11.9 Å². The summed E-state index contributed by atoms with van der Waals surface area (Å²) in [6.45, 7) is 2.21. The van der Waals surface area contributed by atoms with Crippen LogP contribution in [0.2, 0.25) is 0 Å². The number of nitrogens with zero attached hydrogens (tertiary/aromatic N) is 3. The Bertz CT molecular complexity index is 686. The highest BCUT2D eigenvalue weighted by Gasteiger charge is 2.30. The second-order valence-electron chi connectivity index (χ2n) is 7.09. The summed E-state index contributed by atoms with van der Waals surface area (Å²) < 4.78 is 44.1. The highest BCUT2D eigenvalue weighted by molar-refractivity contribution is 5.86. The van der Waals surface area contributed by atoms with Crippen molar-refractivity contribution in [2.24, 2.45) is 10.9 Å². The van der Waals surface area contributed by atoms with Crippen molar-refractivity contribution in [1.29, 1.82) is 0 Å². The molecule has 0 saturated carbocycles. The number of likely N-dealkylation sites (N-methyl/N-ethyl adjacent to an activating group) is 1. The predicted molar refractivity (Wildman–Crippen MR) is 101 cm³/mol. The number of ether oxygens (including phenoxy) is 1. The number of nitrogens with one attached hydrogen (secondary N) is 1. The zero-order chi connectivity index (χ0) is 20.7. The van der Waals surface area contributed by atoms with Crippen LogP contribution in [0.1, 0.15) is 17.5 Å². The first kappa shape index (κ1) is 22.0. The van der Waals surface area contributed by atoms with Gasteiger partial charge < -0.3 is 19.9 Å². The maximum absolute atomic E-state index is 12.9. The van der Waals surface area contributed by atoms with Gasteiger partial charge in [0.05, 0.1) is 25.3 Å². The normalized spacial score (nSPS) is 17.5. The first-order chi connectivity index (χ1) is 13.2. The van der Waals surface area contributed by atoms with Crippen molar-refractivity contribution in [3.05, 3.63) is 35.4 Å². The minimum atomic E-state index is -4.39. The average molecular weight is 400 g/mol. The maximum Gasteiger partial charge on any atom is 0.416 e. The molecule has 1 amide bonds. The first-order valence-corrected chi connectivity index (χ1v) is 9.10. The Kier molecular flexibility index (Phi) is 7.68. The number of carbonyl (C=O) groups excluding carboxylic acids is 1. The molecule has 0 aromatic heterocycles. The Labute approximate surface area is 163 Å². The molecule has 6 nitrogen and oxygen atoms in total. The lowest BCUT2D eigenvalue weighted by Crippen LogP contribution is -2.45. The zero-order valence-corrected chi connectivity index (χ0v) is 16.4. The number of carbonyl (C=O) groups is 1. The van der Waals surface area contributed by atoms with Gasteiger partial charge in [0.1, 0.15) is 0 Å². The van der Waals surface area contributed by atoms with Gasteiger partial charge in [0.2, 0.25) is 5.91 Å².